The second-order valence-electron chi connectivity index (χ2n) is 7.52. The van der Waals surface area contributed by atoms with E-state index in [1.165, 1.54) is 12.8 Å². The van der Waals surface area contributed by atoms with E-state index >= 15 is 0 Å². The van der Waals surface area contributed by atoms with Crippen molar-refractivity contribution in [1.29, 1.82) is 0 Å². The molecular formula is C18H25N5O3S. The lowest BCUT2D eigenvalue weighted by Gasteiger charge is -2.17. The summed E-state index contributed by atoms with van der Waals surface area (Å²) in [6, 6.07) is 3.83. The van der Waals surface area contributed by atoms with Gasteiger partial charge in [-0.3, -0.25) is 4.68 Å². The molecule has 2 aromatic heterocycles. The van der Waals surface area contributed by atoms with Crippen LogP contribution in [0.5, 0.6) is 5.88 Å². The molecule has 4 rings (SSSR count). The first-order chi connectivity index (χ1) is 12.9. The molecule has 8 nitrogen and oxygen atoms in total. The van der Waals surface area contributed by atoms with Crippen LogP contribution in [0.3, 0.4) is 0 Å². The Morgan fingerprint density at radius 3 is 2.56 bits per heavy atom. The van der Waals surface area contributed by atoms with E-state index in [0.29, 0.717) is 47.8 Å². The molecule has 1 aliphatic heterocycles. The van der Waals surface area contributed by atoms with Gasteiger partial charge in [0.15, 0.2) is 0 Å². The van der Waals surface area contributed by atoms with Crippen molar-refractivity contribution in [3.8, 4) is 5.88 Å². The molecule has 1 atom stereocenters. The van der Waals surface area contributed by atoms with Crippen LogP contribution in [-0.2, 0) is 17.1 Å². The molecular weight excluding hydrogens is 366 g/mol. The first-order valence-corrected chi connectivity index (χ1v) is 10.8. The lowest BCUT2D eigenvalue weighted by Crippen LogP contribution is -2.30. The lowest BCUT2D eigenvalue weighted by atomic mass is 10.1. The van der Waals surface area contributed by atoms with Gasteiger partial charge < -0.3 is 4.74 Å². The van der Waals surface area contributed by atoms with Gasteiger partial charge in [-0.05, 0) is 39.2 Å². The fourth-order valence-corrected chi connectivity index (χ4v) is 5.55. The second kappa shape index (κ2) is 6.87. The summed E-state index contributed by atoms with van der Waals surface area (Å²) in [5.41, 5.74) is 2.24. The Morgan fingerprint density at radius 1 is 1.19 bits per heavy atom. The summed E-state index contributed by atoms with van der Waals surface area (Å²) in [6.07, 6.45) is 3.15. The number of ether oxygens (including phenoxy) is 1. The number of hydrogen-bond acceptors (Lipinski definition) is 6. The van der Waals surface area contributed by atoms with Crippen LogP contribution < -0.4 is 4.74 Å². The summed E-state index contributed by atoms with van der Waals surface area (Å²) >= 11 is 0. The van der Waals surface area contributed by atoms with Crippen LogP contribution in [-0.4, -0.2) is 52.4 Å². The van der Waals surface area contributed by atoms with E-state index in [4.69, 9.17) is 4.74 Å². The molecule has 146 valence electrons. The Kier molecular flexibility index (Phi) is 4.67. The minimum absolute atomic E-state index is 0.141. The number of nitrogens with zero attached hydrogens (tertiary/aromatic N) is 5. The molecule has 0 spiro atoms. The Bertz CT molecular complexity index is 935. The molecule has 2 fully saturated rings. The number of aromatic nitrogens is 4. The molecule has 3 heterocycles. The largest absolute Gasteiger partial charge is 0.476 e. The van der Waals surface area contributed by atoms with Crippen molar-refractivity contribution in [3.63, 3.8) is 0 Å². The van der Waals surface area contributed by atoms with E-state index in [9.17, 15) is 8.42 Å². The molecule has 1 saturated carbocycles. The highest BCUT2D eigenvalue weighted by Crippen LogP contribution is 2.38. The number of sulfonamides is 1. The quantitative estimate of drug-likeness (QED) is 0.746. The molecule has 27 heavy (non-hydrogen) atoms. The second-order valence-corrected chi connectivity index (χ2v) is 9.40. The molecule has 0 radical (unpaired) electrons. The van der Waals surface area contributed by atoms with E-state index in [-0.39, 0.29) is 5.92 Å². The van der Waals surface area contributed by atoms with Crippen LogP contribution in [0, 0.1) is 19.8 Å². The summed E-state index contributed by atoms with van der Waals surface area (Å²) in [7, 11) is -1.78. The number of rotatable bonds is 6. The Hall–Kier alpha value is -2.00. The first kappa shape index (κ1) is 18.4. The first-order valence-electron chi connectivity index (χ1n) is 9.33. The van der Waals surface area contributed by atoms with E-state index in [1.54, 1.807) is 29.9 Å². The summed E-state index contributed by atoms with van der Waals surface area (Å²) in [5, 5.41) is 12.6. The minimum Gasteiger partial charge on any atom is -0.476 e. The number of hydrogen-bond donors (Lipinski definition) is 0. The highest BCUT2D eigenvalue weighted by molar-refractivity contribution is 7.89. The molecule has 9 heteroatoms. The van der Waals surface area contributed by atoms with Crippen molar-refractivity contribution >= 4 is 10.0 Å². The van der Waals surface area contributed by atoms with Gasteiger partial charge in [0.25, 0.3) is 0 Å². The molecule has 2 aliphatic rings. The summed E-state index contributed by atoms with van der Waals surface area (Å²) in [6.45, 7) is 4.91. The zero-order valence-electron chi connectivity index (χ0n) is 15.9. The van der Waals surface area contributed by atoms with Crippen LogP contribution in [0.15, 0.2) is 17.0 Å². The third kappa shape index (κ3) is 3.58. The average Bonchev–Trinajstić information content (AvgIpc) is 3.30. The van der Waals surface area contributed by atoms with Crippen molar-refractivity contribution in [1.82, 2.24) is 24.3 Å². The van der Waals surface area contributed by atoms with Crippen LogP contribution in [0.1, 0.15) is 42.3 Å². The van der Waals surface area contributed by atoms with E-state index < -0.39 is 10.0 Å². The molecule has 0 amide bonds. The van der Waals surface area contributed by atoms with Gasteiger partial charge in [0.2, 0.25) is 15.9 Å². The normalized spacial score (nSPS) is 20.9. The zero-order valence-corrected chi connectivity index (χ0v) is 16.7. The number of aryl methyl sites for hydroxylation is 2. The summed E-state index contributed by atoms with van der Waals surface area (Å²) < 4.78 is 35.0. The zero-order chi connectivity index (χ0) is 19.2. The third-order valence-electron chi connectivity index (χ3n) is 5.41. The Balaban J connectivity index is 1.38. The van der Waals surface area contributed by atoms with E-state index in [1.807, 2.05) is 12.1 Å². The van der Waals surface area contributed by atoms with Gasteiger partial charge in [-0.2, -0.15) is 14.5 Å². The Morgan fingerprint density at radius 2 is 1.96 bits per heavy atom. The highest BCUT2D eigenvalue weighted by atomic mass is 32.2. The molecule has 0 bridgehead atoms. The van der Waals surface area contributed by atoms with Gasteiger partial charge in [-0.1, -0.05) is 0 Å². The standard InChI is InChI=1S/C18H25N5O3S/c1-12-18(13(2)22(3)21-12)27(24,25)23-9-8-14(10-23)11-26-17-7-6-16(19-20-17)15-4-5-15/h6-7,14-15H,4-5,8-11H2,1-3H3. The predicted molar refractivity (Wildman–Crippen MR) is 99.0 cm³/mol. The summed E-state index contributed by atoms with van der Waals surface area (Å²) in [4.78, 5) is 0.327. The monoisotopic (exact) mass is 391 g/mol. The van der Waals surface area contributed by atoms with Crippen molar-refractivity contribution in [3.05, 3.63) is 29.2 Å². The van der Waals surface area contributed by atoms with Crippen LogP contribution in [0.25, 0.3) is 0 Å². The van der Waals surface area contributed by atoms with Crippen LogP contribution >= 0.6 is 0 Å². The van der Waals surface area contributed by atoms with E-state index in [0.717, 1.165) is 12.1 Å². The van der Waals surface area contributed by atoms with Crippen LogP contribution in [0.2, 0.25) is 0 Å². The predicted octanol–water partition coefficient (Wildman–Crippen LogP) is 1.79. The highest BCUT2D eigenvalue weighted by Gasteiger charge is 2.36. The van der Waals surface area contributed by atoms with Gasteiger partial charge in [-0.25, -0.2) is 8.42 Å². The van der Waals surface area contributed by atoms with Gasteiger partial charge in [0.1, 0.15) is 4.90 Å². The van der Waals surface area contributed by atoms with Crippen LogP contribution in [0.4, 0.5) is 0 Å². The topological polar surface area (TPSA) is 90.2 Å². The van der Waals surface area contributed by atoms with Gasteiger partial charge in [0.05, 0.1) is 23.7 Å². The summed E-state index contributed by atoms with van der Waals surface area (Å²) in [5.74, 6) is 1.21. The maximum Gasteiger partial charge on any atom is 0.246 e. The average molecular weight is 391 g/mol. The Labute approximate surface area is 159 Å². The smallest absolute Gasteiger partial charge is 0.246 e. The van der Waals surface area contributed by atoms with E-state index in [2.05, 4.69) is 15.3 Å². The fraction of sp³-hybridized carbons (Fsp3) is 0.611. The molecule has 1 aliphatic carbocycles. The molecule has 1 saturated heterocycles. The maximum absolute atomic E-state index is 13.0. The van der Waals surface area contributed by atoms with Gasteiger partial charge in [-0.15, -0.1) is 5.10 Å². The van der Waals surface area contributed by atoms with Crippen molar-refractivity contribution in [2.75, 3.05) is 19.7 Å². The molecule has 0 N–H and O–H groups in total. The van der Waals surface area contributed by atoms with Crippen molar-refractivity contribution in [2.45, 2.75) is 43.9 Å². The minimum atomic E-state index is -3.54. The molecule has 0 aromatic carbocycles. The fourth-order valence-electron chi connectivity index (χ4n) is 3.62. The van der Waals surface area contributed by atoms with Crippen molar-refractivity contribution < 1.29 is 13.2 Å². The SMILES string of the molecule is Cc1nn(C)c(C)c1S(=O)(=O)N1CCC(COc2ccc(C3CC3)nn2)C1. The molecule has 2 aromatic rings. The maximum atomic E-state index is 13.0. The van der Waals surface area contributed by atoms with Gasteiger partial charge >= 0.3 is 0 Å². The lowest BCUT2D eigenvalue weighted by molar-refractivity contribution is 0.243. The molecule has 1 unspecified atom stereocenters. The third-order valence-corrected chi connectivity index (χ3v) is 7.53. The van der Waals surface area contributed by atoms with Crippen molar-refractivity contribution in [2.24, 2.45) is 13.0 Å². The van der Waals surface area contributed by atoms with Gasteiger partial charge in [0, 0.05) is 38.0 Å².